The summed E-state index contributed by atoms with van der Waals surface area (Å²) in [6.07, 6.45) is 2.17. The van der Waals surface area contributed by atoms with Gasteiger partial charge in [-0.25, -0.2) is 4.98 Å². The van der Waals surface area contributed by atoms with Crippen molar-refractivity contribution in [1.29, 1.82) is 0 Å². The fraction of sp³-hybridized carbons (Fsp3) is 0.182. The number of rotatable bonds is 6. The first kappa shape index (κ1) is 19.8. The van der Waals surface area contributed by atoms with Gasteiger partial charge in [0, 0.05) is 42.0 Å². The second-order valence-electron chi connectivity index (χ2n) is 7.08. The third-order valence-electron chi connectivity index (χ3n) is 5.22. The maximum atomic E-state index is 12.9. The molecule has 0 aliphatic heterocycles. The summed E-state index contributed by atoms with van der Waals surface area (Å²) in [4.78, 5) is 30.7. The summed E-state index contributed by atoms with van der Waals surface area (Å²) in [5, 5.41) is 13.0. The fourth-order valence-corrected chi connectivity index (χ4v) is 4.19. The number of nitro benzene ring substituents is 1. The largest absolute Gasteiger partial charge is 0.339 e. The van der Waals surface area contributed by atoms with Gasteiger partial charge in [0.15, 0.2) is 4.96 Å². The highest BCUT2D eigenvalue weighted by Gasteiger charge is 2.21. The van der Waals surface area contributed by atoms with Crippen molar-refractivity contribution in [2.45, 2.75) is 19.4 Å². The molecule has 2 aromatic carbocycles. The second kappa shape index (κ2) is 8.08. The Morgan fingerprint density at radius 1 is 1.23 bits per heavy atom. The summed E-state index contributed by atoms with van der Waals surface area (Å²) in [5.74, 6) is -0.0660. The lowest BCUT2D eigenvalue weighted by Crippen LogP contribution is -2.31. The van der Waals surface area contributed by atoms with E-state index in [1.807, 2.05) is 53.2 Å². The zero-order valence-electron chi connectivity index (χ0n) is 16.6. The SMILES string of the molecule is C[C@H](c1cccc([N+](=O)[O-])c1)N(C)C(=O)Cc1csc2nc(-c3ccccc3)cn12. The number of hydrogen-bond donors (Lipinski definition) is 0. The van der Waals surface area contributed by atoms with Crippen LogP contribution in [-0.2, 0) is 11.2 Å². The van der Waals surface area contributed by atoms with Crippen LogP contribution in [-0.4, -0.2) is 32.2 Å². The van der Waals surface area contributed by atoms with Gasteiger partial charge < -0.3 is 4.90 Å². The van der Waals surface area contributed by atoms with Gasteiger partial charge in [-0.05, 0) is 12.5 Å². The predicted octanol–water partition coefficient (Wildman–Crippen LogP) is 4.73. The molecule has 8 heteroatoms. The Kier molecular flexibility index (Phi) is 5.33. The molecule has 0 aliphatic rings. The summed E-state index contributed by atoms with van der Waals surface area (Å²) in [6, 6.07) is 16.0. The van der Waals surface area contributed by atoms with Crippen molar-refractivity contribution in [2.24, 2.45) is 0 Å². The smallest absolute Gasteiger partial charge is 0.269 e. The van der Waals surface area contributed by atoms with E-state index >= 15 is 0 Å². The lowest BCUT2D eigenvalue weighted by atomic mass is 10.1. The van der Waals surface area contributed by atoms with E-state index in [0.29, 0.717) is 0 Å². The molecule has 0 saturated heterocycles. The monoisotopic (exact) mass is 420 g/mol. The third kappa shape index (κ3) is 3.81. The molecule has 0 saturated carbocycles. The molecule has 2 heterocycles. The van der Waals surface area contributed by atoms with Crippen LogP contribution in [0.15, 0.2) is 66.2 Å². The number of non-ortho nitro benzene ring substituents is 1. The van der Waals surface area contributed by atoms with Crippen LogP contribution in [0.5, 0.6) is 0 Å². The minimum absolute atomic E-state index is 0.0200. The zero-order valence-corrected chi connectivity index (χ0v) is 17.4. The molecule has 1 atom stereocenters. The second-order valence-corrected chi connectivity index (χ2v) is 7.92. The maximum absolute atomic E-state index is 12.9. The molecule has 30 heavy (non-hydrogen) atoms. The number of thiazole rings is 1. The van der Waals surface area contributed by atoms with Crippen LogP contribution in [0.4, 0.5) is 5.69 Å². The summed E-state index contributed by atoms with van der Waals surface area (Å²) in [5.41, 5.74) is 3.51. The third-order valence-corrected chi connectivity index (χ3v) is 6.11. The number of likely N-dealkylation sites (N-methyl/N-ethyl adjacent to an activating group) is 1. The molecule has 152 valence electrons. The number of amides is 1. The molecule has 7 nitrogen and oxygen atoms in total. The minimum Gasteiger partial charge on any atom is -0.339 e. The van der Waals surface area contributed by atoms with Crippen LogP contribution in [0.3, 0.4) is 0 Å². The van der Waals surface area contributed by atoms with Gasteiger partial charge in [-0.15, -0.1) is 11.3 Å². The van der Waals surface area contributed by atoms with E-state index in [4.69, 9.17) is 0 Å². The van der Waals surface area contributed by atoms with E-state index in [-0.39, 0.29) is 24.1 Å². The number of hydrogen-bond acceptors (Lipinski definition) is 5. The molecular weight excluding hydrogens is 400 g/mol. The molecule has 4 aromatic rings. The van der Waals surface area contributed by atoms with Crippen LogP contribution in [0.25, 0.3) is 16.2 Å². The molecule has 2 aromatic heterocycles. The quantitative estimate of drug-likeness (QED) is 0.333. The topological polar surface area (TPSA) is 80.8 Å². The number of carbonyl (C=O) groups excluding carboxylic acids is 1. The van der Waals surface area contributed by atoms with Gasteiger partial charge in [0.25, 0.3) is 5.69 Å². The molecule has 0 radical (unpaired) electrons. The van der Waals surface area contributed by atoms with E-state index in [1.165, 1.54) is 23.5 Å². The Bertz CT molecular complexity index is 1220. The molecule has 4 rings (SSSR count). The zero-order chi connectivity index (χ0) is 21.3. The van der Waals surface area contributed by atoms with E-state index < -0.39 is 4.92 Å². The first-order valence-corrected chi connectivity index (χ1v) is 10.3. The highest BCUT2D eigenvalue weighted by atomic mass is 32.1. The van der Waals surface area contributed by atoms with Gasteiger partial charge in [0.2, 0.25) is 5.91 Å². The molecule has 1 amide bonds. The Balaban J connectivity index is 1.53. The van der Waals surface area contributed by atoms with Crippen LogP contribution >= 0.6 is 11.3 Å². The van der Waals surface area contributed by atoms with Gasteiger partial charge in [-0.3, -0.25) is 19.3 Å². The normalized spacial score (nSPS) is 12.1. The summed E-state index contributed by atoms with van der Waals surface area (Å²) < 4.78 is 1.96. The molecular formula is C22H20N4O3S. The van der Waals surface area contributed by atoms with E-state index in [0.717, 1.165) is 27.5 Å². The van der Waals surface area contributed by atoms with Crippen molar-refractivity contribution in [2.75, 3.05) is 7.05 Å². The number of nitro groups is 1. The Hall–Kier alpha value is -3.52. The van der Waals surface area contributed by atoms with Gasteiger partial charge in [0.1, 0.15) is 0 Å². The number of nitrogens with zero attached hydrogens (tertiary/aromatic N) is 4. The molecule has 0 N–H and O–H groups in total. The van der Waals surface area contributed by atoms with Gasteiger partial charge in [-0.1, -0.05) is 42.5 Å². The number of aromatic nitrogens is 2. The van der Waals surface area contributed by atoms with Gasteiger partial charge >= 0.3 is 0 Å². The maximum Gasteiger partial charge on any atom is 0.269 e. The van der Waals surface area contributed by atoms with Crippen LogP contribution in [0.1, 0.15) is 24.2 Å². The van der Waals surface area contributed by atoms with E-state index in [1.54, 1.807) is 24.1 Å². The summed E-state index contributed by atoms with van der Waals surface area (Å²) in [6.45, 7) is 1.87. The van der Waals surface area contributed by atoms with Crippen molar-refractivity contribution in [3.05, 3.63) is 87.5 Å². The van der Waals surface area contributed by atoms with Crippen molar-refractivity contribution < 1.29 is 9.72 Å². The van der Waals surface area contributed by atoms with E-state index in [9.17, 15) is 14.9 Å². The number of imidazole rings is 1. The number of fused-ring (bicyclic) bond motifs is 1. The van der Waals surface area contributed by atoms with Gasteiger partial charge in [-0.2, -0.15) is 0 Å². The molecule has 0 spiro atoms. The molecule has 0 fully saturated rings. The number of benzene rings is 2. The first-order valence-electron chi connectivity index (χ1n) is 9.45. The van der Waals surface area contributed by atoms with E-state index in [2.05, 4.69) is 4.98 Å². The fourth-order valence-electron chi connectivity index (χ4n) is 3.32. The average Bonchev–Trinajstić information content (AvgIpc) is 3.35. The number of carbonyl (C=O) groups is 1. The van der Waals surface area contributed by atoms with Crippen LogP contribution in [0, 0.1) is 10.1 Å². The van der Waals surface area contributed by atoms with Crippen molar-refractivity contribution >= 4 is 27.9 Å². The lowest BCUT2D eigenvalue weighted by Gasteiger charge is -2.25. The minimum atomic E-state index is -0.427. The molecule has 0 unspecified atom stereocenters. The summed E-state index contributed by atoms with van der Waals surface area (Å²) in [7, 11) is 1.72. The Morgan fingerprint density at radius 3 is 2.73 bits per heavy atom. The molecule has 0 bridgehead atoms. The van der Waals surface area contributed by atoms with Crippen LogP contribution in [0.2, 0.25) is 0 Å². The van der Waals surface area contributed by atoms with Crippen molar-refractivity contribution in [3.63, 3.8) is 0 Å². The summed E-state index contributed by atoms with van der Waals surface area (Å²) >= 11 is 1.50. The van der Waals surface area contributed by atoms with Crippen molar-refractivity contribution in [1.82, 2.24) is 14.3 Å². The Labute approximate surface area is 177 Å². The highest BCUT2D eigenvalue weighted by molar-refractivity contribution is 7.15. The lowest BCUT2D eigenvalue weighted by molar-refractivity contribution is -0.384. The predicted molar refractivity (Wildman–Crippen MR) is 116 cm³/mol. The first-order chi connectivity index (χ1) is 14.4. The molecule has 0 aliphatic carbocycles. The standard InChI is InChI=1S/C22H20N4O3S/c1-15(17-9-6-10-18(11-17)26(28)29)24(2)21(27)12-19-14-30-22-23-20(13-25(19)22)16-7-4-3-5-8-16/h3-11,13-15H,12H2,1-2H3/t15-/m1/s1. The average molecular weight is 420 g/mol. The Morgan fingerprint density at radius 2 is 2.00 bits per heavy atom. The van der Waals surface area contributed by atoms with Gasteiger partial charge in [0.05, 0.1) is 23.1 Å². The van der Waals surface area contributed by atoms with Crippen molar-refractivity contribution in [3.8, 4) is 11.3 Å². The van der Waals surface area contributed by atoms with Crippen LogP contribution < -0.4 is 0 Å². The highest BCUT2D eigenvalue weighted by Crippen LogP contribution is 2.26.